The molecule has 0 atom stereocenters. The smallest absolute Gasteiger partial charge is 0.387 e. The lowest BCUT2D eigenvalue weighted by Gasteiger charge is -2.09. The Hall–Kier alpha value is -2.96. The fourth-order valence-corrected chi connectivity index (χ4v) is 2.23. The largest absolute Gasteiger partial charge is 0.435 e. The second kappa shape index (κ2) is 7.29. The van der Waals surface area contributed by atoms with Crippen LogP contribution in [0.1, 0.15) is 33.6 Å². The van der Waals surface area contributed by atoms with Crippen molar-refractivity contribution >= 4 is 17.5 Å². The van der Waals surface area contributed by atoms with E-state index in [2.05, 4.69) is 15.4 Å². The molecular formula is C18H16F2N2O3. The third-order valence-corrected chi connectivity index (χ3v) is 3.64. The number of hydrogen-bond acceptors (Lipinski definition) is 3. The van der Waals surface area contributed by atoms with E-state index in [1.807, 2.05) is 0 Å². The molecule has 0 saturated heterocycles. The number of nitrogens with one attached hydrogen (secondary N) is 2. The Labute approximate surface area is 143 Å². The van der Waals surface area contributed by atoms with E-state index in [0.29, 0.717) is 11.3 Å². The van der Waals surface area contributed by atoms with E-state index in [1.165, 1.54) is 24.3 Å². The molecule has 0 aliphatic heterocycles. The summed E-state index contributed by atoms with van der Waals surface area (Å²) in [6.45, 7) is -2.91. The molecule has 1 aliphatic carbocycles. The van der Waals surface area contributed by atoms with Gasteiger partial charge in [-0.15, -0.1) is 0 Å². The molecule has 25 heavy (non-hydrogen) atoms. The second-order valence-electron chi connectivity index (χ2n) is 5.69. The molecule has 0 spiro atoms. The zero-order valence-corrected chi connectivity index (χ0v) is 13.2. The van der Waals surface area contributed by atoms with Crippen LogP contribution in [0.25, 0.3) is 0 Å². The van der Waals surface area contributed by atoms with E-state index in [4.69, 9.17) is 0 Å². The fourth-order valence-electron chi connectivity index (χ4n) is 2.23. The minimum absolute atomic E-state index is 0.0229. The molecule has 130 valence electrons. The van der Waals surface area contributed by atoms with Crippen molar-refractivity contribution in [3.8, 4) is 5.75 Å². The van der Waals surface area contributed by atoms with E-state index in [-0.39, 0.29) is 23.3 Å². The van der Waals surface area contributed by atoms with Gasteiger partial charge in [-0.05, 0) is 55.3 Å². The van der Waals surface area contributed by atoms with Gasteiger partial charge in [-0.2, -0.15) is 8.78 Å². The maximum Gasteiger partial charge on any atom is 0.387 e. The van der Waals surface area contributed by atoms with Crippen molar-refractivity contribution in [2.24, 2.45) is 0 Å². The molecule has 5 nitrogen and oxygen atoms in total. The normalized spacial score (nSPS) is 13.4. The molecule has 0 unspecified atom stereocenters. The van der Waals surface area contributed by atoms with Crippen LogP contribution in [0, 0.1) is 0 Å². The molecule has 0 bridgehead atoms. The van der Waals surface area contributed by atoms with Gasteiger partial charge in [0.2, 0.25) is 0 Å². The summed E-state index contributed by atoms with van der Waals surface area (Å²) in [6, 6.07) is 12.2. The molecular weight excluding hydrogens is 330 g/mol. The summed E-state index contributed by atoms with van der Waals surface area (Å²) >= 11 is 0. The average Bonchev–Trinajstić information content (AvgIpc) is 3.39. The number of rotatable bonds is 6. The highest BCUT2D eigenvalue weighted by atomic mass is 19.3. The molecule has 1 aliphatic rings. The minimum Gasteiger partial charge on any atom is -0.435 e. The summed E-state index contributed by atoms with van der Waals surface area (Å²) in [4.78, 5) is 24.2. The van der Waals surface area contributed by atoms with Crippen molar-refractivity contribution in [2.75, 3.05) is 5.32 Å². The lowest BCUT2D eigenvalue weighted by atomic mass is 10.1. The molecule has 7 heteroatoms. The number of carbonyl (C=O) groups excluding carboxylic acids is 2. The Balaban J connectivity index is 1.64. The van der Waals surface area contributed by atoms with Gasteiger partial charge in [0.05, 0.1) is 0 Å². The van der Waals surface area contributed by atoms with Gasteiger partial charge in [0, 0.05) is 22.9 Å². The number of amides is 2. The van der Waals surface area contributed by atoms with Gasteiger partial charge in [-0.3, -0.25) is 9.59 Å². The number of alkyl halides is 2. The van der Waals surface area contributed by atoms with Crippen LogP contribution in [0.3, 0.4) is 0 Å². The van der Waals surface area contributed by atoms with Gasteiger partial charge in [-0.25, -0.2) is 0 Å². The number of benzene rings is 2. The number of hydrogen-bond donors (Lipinski definition) is 2. The van der Waals surface area contributed by atoms with Crippen LogP contribution in [0.2, 0.25) is 0 Å². The lowest BCUT2D eigenvalue weighted by molar-refractivity contribution is -0.0498. The molecule has 2 N–H and O–H groups in total. The zero-order chi connectivity index (χ0) is 17.8. The summed E-state index contributed by atoms with van der Waals surface area (Å²) in [5, 5.41) is 5.55. The van der Waals surface area contributed by atoms with Crippen molar-refractivity contribution < 1.29 is 23.1 Å². The van der Waals surface area contributed by atoms with Crippen LogP contribution in [0.4, 0.5) is 14.5 Å². The highest BCUT2D eigenvalue weighted by Crippen LogP contribution is 2.20. The van der Waals surface area contributed by atoms with Crippen molar-refractivity contribution in [3.63, 3.8) is 0 Å². The Morgan fingerprint density at radius 2 is 1.72 bits per heavy atom. The number of ether oxygens (including phenoxy) is 1. The Morgan fingerprint density at radius 1 is 1.00 bits per heavy atom. The van der Waals surface area contributed by atoms with Gasteiger partial charge in [-0.1, -0.05) is 6.07 Å². The zero-order valence-electron chi connectivity index (χ0n) is 13.2. The standard InChI is InChI=1S/C18H16F2N2O3/c19-18(20)25-15-8-4-11(5-9-15)16(23)22-14-3-1-2-12(10-14)17(24)21-13-6-7-13/h1-5,8-10,13,18H,6-7H2,(H,21,24)(H,22,23). The van der Waals surface area contributed by atoms with E-state index in [9.17, 15) is 18.4 Å². The van der Waals surface area contributed by atoms with Crippen LogP contribution in [-0.4, -0.2) is 24.5 Å². The van der Waals surface area contributed by atoms with Gasteiger partial charge in [0.15, 0.2) is 0 Å². The summed E-state index contributed by atoms with van der Waals surface area (Å²) in [5.41, 5.74) is 1.22. The van der Waals surface area contributed by atoms with Gasteiger partial charge >= 0.3 is 6.61 Å². The van der Waals surface area contributed by atoms with Gasteiger partial charge < -0.3 is 15.4 Å². The van der Waals surface area contributed by atoms with Gasteiger partial charge in [0.25, 0.3) is 11.8 Å². The maximum atomic E-state index is 12.2. The molecule has 2 aromatic carbocycles. The molecule has 0 radical (unpaired) electrons. The first-order valence-electron chi connectivity index (χ1n) is 7.78. The number of carbonyl (C=O) groups is 2. The minimum atomic E-state index is -2.91. The third kappa shape index (κ3) is 4.76. The lowest BCUT2D eigenvalue weighted by Crippen LogP contribution is -2.25. The molecule has 1 saturated carbocycles. The Morgan fingerprint density at radius 3 is 2.36 bits per heavy atom. The first-order valence-corrected chi connectivity index (χ1v) is 7.78. The summed E-state index contributed by atoms with van der Waals surface area (Å²) in [7, 11) is 0. The first kappa shape index (κ1) is 16.9. The molecule has 3 rings (SSSR count). The SMILES string of the molecule is O=C(Nc1cccc(C(=O)NC2CC2)c1)c1ccc(OC(F)F)cc1. The monoisotopic (exact) mass is 346 g/mol. The molecule has 2 aromatic rings. The second-order valence-corrected chi connectivity index (χ2v) is 5.69. The summed E-state index contributed by atoms with van der Waals surface area (Å²) < 4.78 is 28.5. The van der Waals surface area contributed by atoms with Crippen LogP contribution in [0.5, 0.6) is 5.75 Å². The van der Waals surface area contributed by atoms with Crippen LogP contribution in [-0.2, 0) is 0 Å². The molecule has 1 fully saturated rings. The average molecular weight is 346 g/mol. The summed E-state index contributed by atoms with van der Waals surface area (Å²) in [5.74, 6) is -0.610. The quantitative estimate of drug-likeness (QED) is 0.842. The van der Waals surface area contributed by atoms with E-state index in [0.717, 1.165) is 12.8 Å². The fraction of sp³-hybridized carbons (Fsp3) is 0.222. The van der Waals surface area contributed by atoms with Crippen molar-refractivity contribution in [3.05, 3.63) is 59.7 Å². The van der Waals surface area contributed by atoms with E-state index < -0.39 is 12.5 Å². The Kier molecular flexibility index (Phi) is 4.92. The highest BCUT2D eigenvalue weighted by Gasteiger charge is 2.23. The van der Waals surface area contributed by atoms with Crippen molar-refractivity contribution in [1.29, 1.82) is 0 Å². The topological polar surface area (TPSA) is 67.4 Å². The maximum absolute atomic E-state index is 12.2. The van der Waals surface area contributed by atoms with Crippen molar-refractivity contribution in [1.82, 2.24) is 5.32 Å². The predicted octanol–water partition coefficient (Wildman–Crippen LogP) is 3.43. The summed E-state index contributed by atoms with van der Waals surface area (Å²) in [6.07, 6.45) is 1.99. The van der Waals surface area contributed by atoms with Crippen LogP contribution < -0.4 is 15.4 Å². The third-order valence-electron chi connectivity index (χ3n) is 3.64. The molecule has 2 amide bonds. The molecule has 0 aromatic heterocycles. The van der Waals surface area contributed by atoms with Crippen LogP contribution in [0.15, 0.2) is 48.5 Å². The molecule has 0 heterocycles. The predicted molar refractivity (Wildman–Crippen MR) is 88.0 cm³/mol. The Bertz CT molecular complexity index is 774. The number of anilines is 1. The van der Waals surface area contributed by atoms with E-state index >= 15 is 0 Å². The highest BCUT2D eigenvalue weighted by molar-refractivity contribution is 6.05. The number of halogens is 2. The van der Waals surface area contributed by atoms with E-state index in [1.54, 1.807) is 24.3 Å². The first-order chi connectivity index (χ1) is 12.0. The van der Waals surface area contributed by atoms with Crippen molar-refractivity contribution in [2.45, 2.75) is 25.5 Å². The van der Waals surface area contributed by atoms with Gasteiger partial charge in [0.1, 0.15) is 5.75 Å². The van der Waals surface area contributed by atoms with Crippen LogP contribution >= 0.6 is 0 Å².